The van der Waals surface area contributed by atoms with E-state index >= 15 is 0 Å². The van der Waals surface area contributed by atoms with Crippen molar-refractivity contribution in [3.05, 3.63) is 59.8 Å². The summed E-state index contributed by atoms with van der Waals surface area (Å²) in [5.41, 5.74) is 2.12. The Morgan fingerprint density at radius 3 is 2.45 bits per heavy atom. The highest BCUT2D eigenvalue weighted by Crippen LogP contribution is 2.31. The Morgan fingerprint density at radius 2 is 1.71 bits per heavy atom. The molecule has 0 aliphatic carbocycles. The fourth-order valence-corrected chi connectivity index (χ4v) is 4.98. The maximum absolute atomic E-state index is 12.4. The number of nitrogens with zero attached hydrogens (tertiary/aromatic N) is 4. The van der Waals surface area contributed by atoms with Crippen molar-refractivity contribution in [3.63, 3.8) is 0 Å². The number of pyridine rings is 1. The minimum Gasteiger partial charge on any atom is -0.445 e. The standard InChI is InChI=1S/C24H31N5O2/c30-24(31-18-19-5-2-1-3-6-19)28-13-11-27(12-14-28)17-20-7-4-8-23(26-20)29-21-9-10-22(29)16-25-15-21/h1-8,21-22,25H,9-18H2. The number of hydrogen-bond acceptors (Lipinski definition) is 6. The number of fused-ring (bicyclic) bond motifs is 2. The Kier molecular flexibility index (Phi) is 6.04. The minimum absolute atomic E-state index is 0.224. The fraction of sp³-hybridized carbons (Fsp3) is 0.500. The lowest BCUT2D eigenvalue weighted by atomic mass is 10.2. The molecule has 1 aromatic carbocycles. The Morgan fingerprint density at radius 1 is 0.968 bits per heavy atom. The zero-order valence-corrected chi connectivity index (χ0v) is 17.9. The average molecular weight is 422 g/mol. The van der Waals surface area contributed by atoms with E-state index in [1.165, 1.54) is 12.8 Å². The van der Waals surface area contributed by atoms with Crippen molar-refractivity contribution in [2.75, 3.05) is 44.2 Å². The normalized spacial score (nSPS) is 23.7. The van der Waals surface area contributed by atoms with Gasteiger partial charge in [0.1, 0.15) is 12.4 Å². The van der Waals surface area contributed by atoms with Crippen molar-refractivity contribution < 1.29 is 9.53 Å². The molecule has 5 rings (SSSR count). The molecule has 3 saturated heterocycles. The van der Waals surface area contributed by atoms with E-state index in [2.05, 4.69) is 33.3 Å². The van der Waals surface area contributed by atoms with Crippen LogP contribution in [0.4, 0.5) is 10.6 Å². The van der Waals surface area contributed by atoms with Crippen LogP contribution in [0.25, 0.3) is 0 Å². The summed E-state index contributed by atoms with van der Waals surface area (Å²) in [4.78, 5) is 24.1. The van der Waals surface area contributed by atoms with E-state index in [1.807, 2.05) is 35.2 Å². The zero-order chi connectivity index (χ0) is 21.0. The fourth-order valence-electron chi connectivity index (χ4n) is 4.98. The highest BCUT2D eigenvalue weighted by atomic mass is 16.6. The lowest BCUT2D eigenvalue weighted by Gasteiger charge is -2.37. The first kappa shape index (κ1) is 20.3. The van der Waals surface area contributed by atoms with Crippen LogP contribution in [-0.2, 0) is 17.9 Å². The van der Waals surface area contributed by atoms with Gasteiger partial charge in [-0.2, -0.15) is 0 Å². The van der Waals surface area contributed by atoms with Gasteiger partial charge >= 0.3 is 6.09 Å². The zero-order valence-electron chi connectivity index (χ0n) is 17.9. The third kappa shape index (κ3) is 4.67. The average Bonchev–Trinajstić information content (AvgIpc) is 3.07. The number of aromatic nitrogens is 1. The predicted octanol–water partition coefficient (Wildman–Crippen LogP) is 2.48. The van der Waals surface area contributed by atoms with Gasteiger partial charge in [0.15, 0.2) is 0 Å². The molecule has 4 heterocycles. The highest BCUT2D eigenvalue weighted by Gasteiger charge is 2.37. The van der Waals surface area contributed by atoms with E-state index < -0.39 is 0 Å². The van der Waals surface area contributed by atoms with Crippen LogP contribution in [0.1, 0.15) is 24.1 Å². The molecule has 0 radical (unpaired) electrons. The molecule has 1 aromatic heterocycles. The van der Waals surface area contributed by atoms with Crippen LogP contribution in [0.2, 0.25) is 0 Å². The maximum atomic E-state index is 12.4. The van der Waals surface area contributed by atoms with Gasteiger partial charge in [-0.05, 0) is 30.5 Å². The molecule has 0 saturated carbocycles. The van der Waals surface area contributed by atoms with Gasteiger partial charge in [0, 0.05) is 57.9 Å². The number of piperazine rings is 2. The molecular formula is C24H31N5O2. The van der Waals surface area contributed by atoms with Crippen molar-refractivity contribution in [2.24, 2.45) is 0 Å². The van der Waals surface area contributed by atoms with E-state index in [1.54, 1.807) is 0 Å². The van der Waals surface area contributed by atoms with Gasteiger partial charge in [0.2, 0.25) is 0 Å². The molecule has 3 aliphatic heterocycles. The number of hydrogen-bond donors (Lipinski definition) is 1. The predicted molar refractivity (Wildman–Crippen MR) is 120 cm³/mol. The SMILES string of the molecule is O=C(OCc1ccccc1)N1CCN(Cc2cccc(N3C4CCC3CNC4)n2)CC1. The molecule has 2 atom stereocenters. The molecule has 2 unspecified atom stereocenters. The van der Waals surface area contributed by atoms with E-state index in [4.69, 9.17) is 9.72 Å². The van der Waals surface area contributed by atoms with Crippen LogP contribution < -0.4 is 10.2 Å². The van der Waals surface area contributed by atoms with Gasteiger partial charge in [-0.15, -0.1) is 0 Å². The van der Waals surface area contributed by atoms with Gasteiger partial charge in [0.05, 0.1) is 5.69 Å². The maximum Gasteiger partial charge on any atom is 0.410 e. The first-order chi connectivity index (χ1) is 15.3. The summed E-state index contributed by atoms with van der Waals surface area (Å²) < 4.78 is 5.48. The highest BCUT2D eigenvalue weighted by molar-refractivity contribution is 5.67. The smallest absolute Gasteiger partial charge is 0.410 e. The Labute approximate surface area is 184 Å². The van der Waals surface area contributed by atoms with Crippen molar-refractivity contribution >= 4 is 11.9 Å². The van der Waals surface area contributed by atoms with Gasteiger partial charge < -0.3 is 19.9 Å². The second kappa shape index (κ2) is 9.24. The van der Waals surface area contributed by atoms with E-state index in [0.717, 1.165) is 49.8 Å². The van der Waals surface area contributed by atoms with Crippen molar-refractivity contribution in [1.82, 2.24) is 20.1 Å². The summed E-state index contributed by atoms with van der Waals surface area (Å²) in [5.74, 6) is 1.12. The molecule has 2 aromatic rings. The van der Waals surface area contributed by atoms with Crippen LogP contribution in [0.5, 0.6) is 0 Å². The topological polar surface area (TPSA) is 60.9 Å². The molecular weight excluding hydrogens is 390 g/mol. The molecule has 0 spiro atoms. The number of carbonyl (C=O) groups excluding carboxylic acids is 1. The number of amides is 1. The number of ether oxygens (including phenoxy) is 1. The first-order valence-corrected chi connectivity index (χ1v) is 11.4. The molecule has 1 amide bonds. The molecule has 7 heteroatoms. The van der Waals surface area contributed by atoms with Crippen molar-refractivity contribution in [1.29, 1.82) is 0 Å². The summed E-state index contributed by atoms with van der Waals surface area (Å²) >= 11 is 0. The van der Waals surface area contributed by atoms with E-state index in [9.17, 15) is 4.79 Å². The number of rotatable bonds is 5. The van der Waals surface area contributed by atoms with Gasteiger partial charge in [-0.25, -0.2) is 9.78 Å². The molecule has 3 aliphatic rings. The summed E-state index contributed by atoms with van der Waals surface area (Å²) in [6.07, 6.45) is 2.29. The summed E-state index contributed by atoms with van der Waals surface area (Å²) in [6, 6.07) is 17.4. The summed E-state index contributed by atoms with van der Waals surface area (Å²) in [5, 5.41) is 3.54. The molecule has 2 bridgehead atoms. The van der Waals surface area contributed by atoms with Crippen LogP contribution in [0.3, 0.4) is 0 Å². The number of nitrogens with one attached hydrogen (secondary N) is 1. The number of benzene rings is 1. The molecule has 1 N–H and O–H groups in total. The second-order valence-electron chi connectivity index (χ2n) is 8.74. The summed E-state index contributed by atoms with van der Waals surface area (Å²) in [7, 11) is 0. The largest absolute Gasteiger partial charge is 0.445 e. The van der Waals surface area contributed by atoms with Crippen molar-refractivity contribution in [2.45, 2.75) is 38.1 Å². The summed E-state index contributed by atoms with van der Waals surface area (Å²) in [6.45, 7) is 6.32. The van der Waals surface area contributed by atoms with Gasteiger partial charge in [0.25, 0.3) is 0 Å². The van der Waals surface area contributed by atoms with Crippen LogP contribution >= 0.6 is 0 Å². The quantitative estimate of drug-likeness (QED) is 0.801. The third-order valence-corrected chi connectivity index (χ3v) is 6.66. The van der Waals surface area contributed by atoms with E-state index in [-0.39, 0.29) is 6.09 Å². The Balaban J connectivity index is 1.12. The Bertz CT molecular complexity index is 869. The Hall–Kier alpha value is -2.64. The minimum atomic E-state index is -0.224. The third-order valence-electron chi connectivity index (χ3n) is 6.66. The second-order valence-corrected chi connectivity index (χ2v) is 8.74. The molecule has 31 heavy (non-hydrogen) atoms. The van der Waals surface area contributed by atoms with Crippen LogP contribution in [0.15, 0.2) is 48.5 Å². The molecule has 3 fully saturated rings. The lowest BCUT2D eigenvalue weighted by Crippen LogP contribution is -2.52. The van der Waals surface area contributed by atoms with Crippen LogP contribution in [0, 0.1) is 0 Å². The molecule has 7 nitrogen and oxygen atoms in total. The lowest BCUT2D eigenvalue weighted by molar-refractivity contribution is 0.0698. The van der Waals surface area contributed by atoms with Crippen molar-refractivity contribution in [3.8, 4) is 0 Å². The first-order valence-electron chi connectivity index (χ1n) is 11.4. The molecule has 164 valence electrons. The number of anilines is 1. The number of carbonyl (C=O) groups is 1. The van der Waals surface area contributed by atoms with Gasteiger partial charge in [-0.3, -0.25) is 4.90 Å². The van der Waals surface area contributed by atoms with Crippen LogP contribution in [-0.4, -0.2) is 72.2 Å². The van der Waals surface area contributed by atoms with E-state index in [0.29, 0.717) is 31.8 Å². The van der Waals surface area contributed by atoms with Gasteiger partial charge in [-0.1, -0.05) is 36.4 Å². The monoisotopic (exact) mass is 421 g/mol.